The van der Waals surface area contributed by atoms with Crippen LogP contribution in [0.1, 0.15) is 41.7 Å². The van der Waals surface area contributed by atoms with Gasteiger partial charge in [-0.05, 0) is 37.8 Å². The third kappa shape index (κ3) is 2.53. The predicted molar refractivity (Wildman–Crippen MR) is 76.5 cm³/mol. The molecule has 4 nitrogen and oxygen atoms in total. The van der Waals surface area contributed by atoms with E-state index in [-0.39, 0.29) is 23.0 Å². The lowest BCUT2D eigenvalue weighted by molar-refractivity contribution is 0.0514. The van der Waals surface area contributed by atoms with Gasteiger partial charge >= 0.3 is 5.97 Å². The highest BCUT2D eigenvalue weighted by Crippen LogP contribution is 2.42. The van der Waals surface area contributed by atoms with E-state index >= 15 is 0 Å². The molecule has 110 valence electrons. The van der Waals surface area contributed by atoms with Crippen LogP contribution < -0.4 is 0 Å². The summed E-state index contributed by atoms with van der Waals surface area (Å²) in [6, 6.07) is 4.36. The van der Waals surface area contributed by atoms with E-state index in [1.165, 1.54) is 16.8 Å². The summed E-state index contributed by atoms with van der Waals surface area (Å²) in [6.45, 7) is 1.98. The zero-order valence-corrected chi connectivity index (χ0v) is 12.2. The standard InChI is InChI=1S/C15H14ClFN2O2/c1-2-21-15(20)13-10(9-6-7-9)8-18-19(13)14-11(16)4-3-5-12(14)17/h3-5,8-9H,2,6-7H2,1H3. The van der Waals surface area contributed by atoms with Crippen LogP contribution in [0.25, 0.3) is 5.69 Å². The molecular formula is C15H14ClFN2O2. The van der Waals surface area contributed by atoms with Crippen LogP contribution >= 0.6 is 11.6 Å². The highest BCUT2D eigenvalue weighted by molar-refractivity contribution is 6.32. The molecule has 1 fully saturated rings. The molecule has 1 saturated carbocycles. The van der Waals surface area contributed by atoms with Crippen LogP contribution in [0.4, 0.5) is 4.39 Å². The number of ether oxygens (including phenoxy) is 1. The molecule has 0 saturated heterocycles. The molecule has 0 unspecified atom stereocenters. The van der Waals surface area contributed by atoms with Crippen LogP contribution in [0, 0.1) is 5.82 Å². The van der Waals surface area contributed by atoms with E-state index in [1.54, 1.807) is 19.2 Å². The Hall–Kier alpha value is -1.88. The maximum atomic E-state index is 14.1. The number of rotatable bonds is 4. The van der Waals surface area contributed by atoms with Crippen molar-refractivity contribution in [2.75, 3.05) is 6.61 Å². The second kappa shape index (κ2) is 5.48. The van der Waals surface area contributed by atoms with Gasteiger partial charge in [0.15, 0.2) is 5.69 Å². The number of hydrogen-bond donors (Lipinski definition) is 0. The van der Waals surface area contributed by atoms with Crippen molar-refractivity contribution in [3.8, 4) is 5.69 Å². The van der Waals surface area contributed by atoms with Gasteiger partial charge in [0.2, 0.25) is 0 Å². The van der Waals surface area contributed by atoms with Gasteiger partial charge in [-0.3, -0.25) is 0 Å². The molecule has 1 aliphatic rings. The SMILES string of the molecule is CCOC(=O)c1c(C2CC2)cnn1-c1c(F)cccc1Cl. The van der Waals surface area contributed by atoms with E-state index in [1.807, 2.05) is 0 Å². The van der Waals surface area contributed by atoms with Crippen LogP contribution in [0.5, 0.6) is 0 Å². The Kier molecular flexibility index (Phi) is 3.68. The largest absolute Gasteiger partial charge is 0.461 e. The van der Waals surface area contributed by atoms with Gasteiger partial charge in [0.1, 0.15) is 11.5 Å². The van der Waals surface area contributed by atoms with Gasteiger partial charge in [-0.25, -0.2) is 13.9 Å². The lowest BCUT2D eigenvalue weighted by Gasteiger charge is -2.11. The summed E-state index contributed by atoms with van der Waals surface area (Å²) in [5.74, 6) is -0.738. The van der Waals surface area contributed by atoms with Gasteiger partial charge in [0.05, 0.1) is 17.8 Å². The van der Waals surface area contributed by atoms with Crippen molar-refractivity contribution < 1.29 is 13.9 Å². The van der Waals surface area contributed by atoms with Gasteiger partial charge in [-0.15, -0.1) is 0 Å². The summed E-state index contributed by atoms with van der Waals surface area (Å²) in [6.07, 6.45) is 3.61. The molecule has 0 radical (unpaired) electrons. The quantitative estimate of drug-likeness (QED) is 0.809. The molecule has 2 aromatic rings. The van der Waals surface area contributed by atoms with Crippen molar-refractivity contribution in [3.05, 3.63) is 46.5 Å². The number of hydrogen-bond acceptors (Lipinski definition) is 3. The molecule has 0 aliphatic heterocycles. The molecule has 0 N–H and O–H groups in total. The molecule has 6 heteroatoms. The van der Waals surface area contributed by atoms with E-state index < -0.39 is 11.8 Å². The molecule has 1 aromatic carbocycles. The van der Waals surface area contributed by atoms with Crippen LogP contribution in [0.3, 0.4) is 0 Å². The van der Waals surface area contributed by atoms with Gasteiger partial charge in [-0.1, -0.05) is 17.7 Å². The first-order valence-electron chi connectivity index (χ1n) is 6.83. The Labute approximate surface area is 126 Å². The molecule has 0 spiro atoms. The lowest BCUT2D eigenvalue weighted by atomic mass is 10.1. The molecule has 1 aliphatic carbocycles. The number of benzene rings is 1. The van der Waals surface area contributed by atoms with E-state index in [0.29, 0.717) is 5.92 Å². The summed E-state index contributed by atoms with van der Waals surface area (Å²) in [5.41, 5.74) is 1.15. The number of halogens is 2. The highest BCUT2D eigenvalue weighted by Gasteiger charge is 2.33. The average Bonchev–Trinajstić information content (AvgIpc) is 3.19. The van der Waals surface area contributed by atoms with Crippen LogP contribution in [0.15, 0.2) is 24.4 Å². The van der Waals surface area contributed by atoms with Crippen molar-refractivity contribution in [1.29, 1.82) is 0 Å². The van der Waals surface area contributed by atoms with E-state index in [9.17, 15) is 9.18 Å². The first-order chi connectivity index (χ1) is 10.1. The molecule has 0 atom stereocenters. The van der Waals surface area contributed by atoms with Gasteiger partial charge in [0.25, 0.3) is 0 Å². The third-order valence-electron chi connectivity index (χ3n) is 3.43. The number of esters is 1. The topological polar surface area (TPSA) is 44.1 Å². The monoisotopic (exact) mass is 308 g/mol. The van der Waals surface area contributed by atoms with E-state index in [2.05, 4.69) is 5.10 Å². The maximum Gasteiger partial charge on any atom is 0.357 e. The third-order valence-corrected chi connectivity index (χ3v) is 3.74. The zero-order valence-electron chi connectivity index (χ0n) is 11.5. The molecule has 0 amide bonds. The number of nitrogens with zero attached hydrogens (tertiary/aromatic N) is 2. The Morgan fingerprint density at radius 3 is 2.90 bits per heavy atom. The second-order valence-corrected chi connectivity index (χ2v) is 5.33. The molecular weight excluding hydrogens is 295 g/mol. The van der Waals surface area contributed by atoms with Gasteiger partial charge in [-0.2, -0.15) is 5.10 Å². The molecule has 1 aromatic heterocycles. The smallest absolute Gasteiger partial charge is 0.357 e. The fourth-order valence-electron chi connectivity index (χ4n) is 2.32. The fraction of sp³-hybridized carbons (Fsp3) is 0.333. The zero-order chi connectivity index (χ0) is 15.0. The lowest BCUT2D eigenvalue weighted by Crippen LogP contribution is -2.15. The Bertz CT molecular complexity index is 675. The van der Waals surface area contributed by atoms with Crippen LogP contribution in [-0.4, -0.2) is 22.4 Å². The summed E-state index contributed by atoms with van der Waals surface area (Å²) in [7, 11) is 0. The summed E-state index contributed by atoms with van der Waals surface area (Å²) >= 11 is 6.07. The van der Waals surface area contributed by atoms with Crippen molar-refractivity contribution in [3.63, 3.8) is 0 Å². The van der Waals surface area contributed by atoms with Crippen molar-refractivity contribution in [2.24, 2.45) is 0 Å². The average molecular weight is 309 g/mol. The number of para-hydroxylation sites is 1. The van der Waals surface area contributed by atoms with Gasteiger partial charge in [0, 0.05) is 5.56 Å². The second-order valence-electron chi connectivity index (χ2n) is 4.93. The molecule has 1 heterocycles. The Morgan fingerprint density at radius 2 is 2.29 bits per heavy atom. The number of aromatic nitrogens is 2. The van der Waals surface area contributed by atoms with Crippen LogP contribution in [0.2, 0.25) is 5.02 Å². The van der Waals surface area contributed by atoms with Gasteiger partial charge < -0.3 is 4.74 Å². The Morgan fingerprint density at radius 1 is 1.52 bits per heavy atom. The maximum absolute atomic E-state index is 14.1. The predicted octanol–water partition coefficient (Wildman–Crippen LogP) is 3.72. The molecule has 3 rings (SSSR count). The van der Waals surface area contributed by atoms with E-state index in [4.69, 9.17) is 16.3 Å². The van der Waals surface area contributed by atoms with Crippen molar-refractivity contribution in [1.82, 2.24) is 9.78 Å². The minimum atomic E-state index is -0.529. The minimum absolute atomic E-state index is 0.0779. The number of carbonyl (C=O) groups is 1. The van der Waals surface area contributed by atoms with E-state index in [0.717, 1.165) is 18.4 Å². The summed E-state index contributed by atoms with van der Waals surface area (Å²) < 4.78 is 20.4. The molecule has 21 heavy (non-hydrogen) atoms. The molecule has 0 bridgehead atoms. The Balaban J connectivity index is 2.16. The van der Waals surface area contributed by atoms with Crippen molar-refractivity contribution in [2.45, 2.75) is 25.7 Å². The van der Waals surface area contributed by atoms with Crippen molar-refractivity contribution >= 4 is 17.6 Å². The number of carbonyl (C=O) groups excluding carboxylic acids is 1. The summed E-state index contributed by atoms with van der Waals surface area (Å²) in [5, 5.41) is 4.36. The van der Waals surface area contributed by atoms with Crippen LogP contribution in [-0.2, 0) is 4.74 Å². The normalized spacial score (nSPS) is 14.2. The first-order valence-corrected chi connectivity index (χ1v) is 7.20. The fourth-order valence-corrected chi connectivity index (χ4v) is 2.56. The minimum Gasteiger partial charge on any atom is -0.461 e. The first kappa shape index (κ1) is 14.1. The highest BCUT2D eigenvalue weighted by atomic mass is 35.5. The summed E-state index contributed by atoms with van der Waals surface area (Å²) in [4.78, 5) is 12.2.